The predicted octanol–water partition coefficient (Wildman–Crippen LogP) is 3.02. The molecule has 1 aliphatic heterocycles. The zero-order chi connectivity index (χ0) is 13.5. The molecule has 19 heavy (non-hydrogen) atoms. The van der Waals surface area contributed by atoms with Crippen molar-refractivity contribution in [1.82, 2.24) is 5.32 Å². The maximum absolute atomic E-state index is 13.7. The van der Waals surface area contributed by atoms with Crippen molar-refractivity contribution in [2.75, 3.05) is 26.8 Å². The van der Waals surface area contributed by atoms with Crippen LogP contribution in [0.5, 0.6) is 0 Å². The Labute approximate surface area is 115 Å². The van der Waals surface area contributed by atoms with Gasteiger partial charge in [0.25, 0.3) is 0 Å². The fourth-order valence-electron chi connectivity index (χ4n) is 2.96. The zero-order valence-corrected chi connectivity index (χ0v) is 11.7. The van der Waals surface area contributed by atoms with Gasteiger partial charge in [0, 0.05) is 13.2 Å². The molecule has 106 valence electrons. The highest BCUT2D eigenvalue weighted by Gasteiger charge is 2.20. The maximum atomic E-state index is 13.7. The van der Waals surface area contributed by atoms with Gasteiger partial charge in [-0.1, -0.05) is 18.2 Å². The number of benzene rings is 1. The molecule has 3 heteroatoms. The highest BCUT2D eigenvalue weighted by Crippen LogP contribution is 2.25. The second-order valence-electron chi connectivity index (χ2n) is 5.51. The van der Waals surface area contributed by atoms with Gasteiger partial charge in [-0.2, -0.15) is 0 Å². The summed E-state index contributed by atoms with van der Waals surface area (Å²) in [6.45, 7) is 2.72. The fourth-order valence-corrected chi connectivity index (χ4v) is 2.96. The monoisotopic (exact) mass is 265 g/mol. The van der Waals surface area contributed by atoms with E-state index in [2.05, 4.69) is 5.32 Å². The Kier molecular flexibility index (Phi) is 5.80. The fraction of sp³-hybridized carbons (Fsp3) is 0.625. The molecule has 1 N–H and O–H groups in total. The lowest BCUT2D eigenvalue weighted by Gasteiger charge is -2.26. The van der Waals surface area contributed by atoms with Crippen molar-refractivity contribution >= 4 is 0 Å². The van der Waals surface area contributed by atoms with Crippen LogP contribution in [0.4, 0.5) is 4.39 Å². The van der Waals surface area contributed by atoms with Gasteiger partial charge in [0.2, 0.25) is 0 Å². The van der Waals surface area contributed by atoms with Gasteiger partial charge >= 0.3 is 0 Å². The number of hydrogen-bond acceptors (Lipinski definition) is 2. The van der Waals surface area contributed by atoms with Gasteiger partial charge in [0.05, 0.1) is 0 Å². The zero-order valence-electron chi connectivity index (χ0n) is 11.7. The van der Waals surface area contributed by atoms with E-state index in [1.54, 1.807) is 12.1 Å². The Morgan fingerprint density at radius 1 is 1.32 bits per heavy atom. The average Bonchev–Trinajstić information content (AvgIpc) is 2.43. The minimum absolute atomic E-state index is 0.0735. The van der Waals surface area contributed by atoms with Crippen LogP contribution >= 0.6 is 0 Å². The van der Waals surface area contributed by atoms with Crippen molar-refractivity contribution in [1.29, 1.82) is 0 Å². The van der Waals surface area contributed by atoms with E-state index in [4.69, 9.17) is 4.74 Å². The summed E-state index contributed by atoms with van der Waals surface area (Å²) in [4.78, 5) is 0. The molecule has 1 atom stereocenters. The molecule has 0 aromatic heterocycles. The van der Waals surface area contributed by atoms with Crippen LogP contribution in [0.1, 0.15) is 24.8 Å². The number of nitrogens with one attached hydrogen (secondary N) is 1. The Morgan fingerprint density at radius 3 is 2.74 bits per heavy atom. The van der Waals surface area contributed by atoms with E-state index in [1.165, 1.54) is 6.42 Å². The smallest absolute Gasteiger partial charge is 0.126 e. The van der Waals surface area contributed by atoms with Gasteiger partial charge in [-0.25, -0.2) is 4.39 Å². The molecular formula is C16H24FNO. The van der Waals surface area contributed by atoms with E-state index in [9.17, 15) is 4.39 Å². The van der Waals surface area contributed by atoms with Gasteiger partial charge in [0.15, 0.2) is 0 Å². The summed E-state index contributed by atoms with van der Waals surface area (Å²) in [5, 5.41) is 3.24. The van der Waals surface area contributed by atoms with E-state index in [0.717, 1.165) is 50.5 Å². The van der Waals surface area contributed by atoms with Crippen molar-refractivity contribution < 1.29 is 9.13 Å². The van der Waals surface area contributed by atoms with Crippen LogP contribution in [0.25, 0.3) is 0 Å². The first-order valence-corrected chi connectivity index (χ1v) is 7.25. The molecule has 2 nitrogen and oxygen atoms in total. The lowest BCUT2D eigenvalue weighted by molar-refractivity contribution is 0.0585. The van der Waals surface area contributed by atoms with E-state index in [-0.39, 0.29) is 5.82 Å². The van der Waals surface area contributed by atoms with Gasteiger partial charge in [-0.15, -0.1) is 0 Å². The second kappa shape index (κ2) is 7.61. The molecular weight excluding hydrogens is 241 g/mol. The first kappa shape index (κ1) is 14.5. The number of ether oxygens (including phenoxy) is 1. The van der Waals surface area contributed by atoms with E-state index in [0.29, 0.717) is 5.92 Å². The van der Waals surface area contributed by atoms with Crippen LogP contribution in [-0.4, -0.2) is 26.8 Å². The standard InChI is InChI=1S/C16H24FNO/c1-18-12-14(10-13-6-8-19-9-7-13)11-15-4-2-3-5-16(15)17/h2-5,13-14,18H,6-12H2,1H3. The third-order valence-electron chi connectivity index (χ3n) is 3.97. The summed E-state index contributed by atoms with van der Waals surface area (Å²) in [5.74, 6) is 1.17. The molecule has 0 saturated carbocycles. The van der Waals surface area contributed by atoms with Crippen LogP contribution in [0.2, 0.25) is 0 Å². The highest BCUT2D eigenvalue weighted by molar-refractivity contribution is 5.17. The van der Waals surface area contributed by atoms with Gasteiger partial charge in [-0.05, 0) is 62.7 Å². The van der Waals surface area contributed by atoms with Crippen LogP contribution in [0.15, 0.2) is 24.3 Å². The van der Waals surface area contributed by atoms with Gasteiger partial charge < -0.3 is 10.1 Å². The first-order chi connectivity index (χ1) is 9.29. The summed E-state index contributed by atoms with van der Waals surface area (Å²) < 4.78 is 19.1. The third kappa shape index (κ3) is 4.59. The maximum Gasteiger partial charge on any atom is 0.126 e. The van der Waals surface area contributed by atoms with Crippen molar-refractivity contribution in [3.8, 4) is 0 Å². The SMILES string of the molecule is CNCC(Cc1ccccc1F)CC1CCOCC1. The topological polar surface area (TPSA) is 21.3 Å². The van der Waals surface area contributed by atoms with Crippen molar-refractivity contribution in [2.45, 2.75) is 25.7 Å². The van der Waals surface area contributed by atoms with Crippen LogP contribution in [-0.2, 0) is 11.2 Å². The van der Waals surface area contributed by atoms with Crippen LogP contribution < -0.4 is 5.32 Å². The number of hydrogen-bond donors (Lipinski definition) is 1. The normalized spacial score (nSPS) is 18.4. The lowest BCUT2D eigenvalue weighted by Crippen LogP contribution is -2.26. The molecule has 1 aliphatic rings. The van der Waals surface area contributed by atoms with Crippen molar-refractivity contribution in [3.05, 3.63) is 35.6 Å². The Hall–Kier alpha value is -0.930. The van der Waals surface area contributed by atoms with Crippen LogP contribution in [0, 0.1) is 17.7 Å². The molecule has 0 bridgehead atoms. The summed E-state index contributed by atoms with van der Waals surface area (Å²) in [6.07, 6.45) is 4.29. The molecule has 0 spiro atoms. The molecule has 1 aromatic carbocycles. The third-order valence-corrected chi connectivity index (χ3v) is 3.97. The Morgan fingerprint density at radius 2 is 2.05 bits per heavy atom. The number of halogens is 1. The lowest BCUT2D eigenvalue weighted by atomic mass is 9.85. The molecule has 1 fully saturated rings. The van der Waals surface area contributed by atoms with Crippen LogP contribution in [0.3, 0.4) is 0 Å². The molecule has 0 aliphatic carbocycles. The minimum Gasteiger partial charge on any atom is -0.381 e. The average molecular weight is 265 g/mol. The van der Waals surface area contributed by atoms with Gasteiger partial charge in [0.1, 0.15) is 5.82 Å². The van der Waals surface area contributed by atoms with E-state index >= 15 is 0 Å². The predicted molar refractivity (Wildman–Crippen MR) is 75.7 cm³/mol. The van der Waals surface area contributed by atoms with E-state index < -0.39 is 0 Å². The molecule has 1 aromatic rings. The van der Waals surface area contributed by atoms with Crippen molar-refractivity contribution in [2.24, 2.45) is 11.8 Å². The molecule has 0 radical (unpaired) electrons. The number of rotatable bonds is 6. The summed E-state index contributed by atoms with van der Waals surface area (Å²) in [5.41, 5.74) is 0.842. The summed E-state index contributed by atoms with van der Waals surface area (Å²) >= 11 is 0. The van der Waals surface area contributed by atoms with E-state index in [1.807, 2.05) is 19.2 Å². The van der Waals surface area contributed by atoms with Gasteiger partial charge in [-0.3, -0.25) is 0 Å². The molecule has 1 unspecified atom stereocenters. The summed E-state index contributed by atoms with van der Waals surface area (Å²) in [7, 11) is 1.97. The second-order valence-corrected chi connectivity index (χ2v) is 5.51. The highest BCUT2D eigenvalue weighted by atomic mass is 19.1. The Bertz CT molecular complexity index is 377. The molecule has 1 heterocycles. The molecule has 1 saturated heterocycles. The minimum atomic E-state index is -0.0735. The molecule has 0 amide bonds. The largest absolute Gasteiger partial charge is 0.381 e. The Balaban J connectivity index is 1.93. The van der Waals surface area contributed by atoms with Crippen molar-refractivity contribution in [3.63, 3.8) is 0 Å². The molecule has 2 rings (SSSR count). The first-order valence-electron chi connectivity index (χ1n) is 7.25. The quantitative estimate of drug-likeness (QED) is 0.853. The summed E-state index contributed by atoms with van der Waals surface area (Å²) in [6, 6.07) is 7.13.